The predicted molar refractivity (Wildman–Crippen MR) is 81.7 cm³/mol. The number of ether oxygens (including phenoxy) is 1. The number of benzene rings is 1. The van der Waals surface area contributed by atoms with Gasteiger partial charge in [-0.05, 0) is 12.6 Å². The van der Waals surface area contributed by atoms with Crippen LogP contribution in [0.2, 0.25) is 0 Å². The molecule has 0 bridgehead atoms. The number of carbonyl (C=O) groups is 1. The molecule has 0 aromatic heterocycles. The van der Waals surface area contributed by atoms with E-state index in [1.54, 1.807) is 11.9 Å². The van der Waals surface area contributed by atoms with Crippen LogP contribution in [0.15, 0.2) is 30.3 Å². The summed E-state index contributed by atoms with van der Waals surface area (Å²) in [6.07, 6.45) is -0.167. The van der Waals surface area contributed by atoms with Crippen molar-refractivity contribution >= 4 is 16.2 Å². The number of rotatable bonds is 4. The third-order valence-electron chi connectivity index (χ3n) is 3.34. The Morgan fingerprint density at radius 2 is 1.96 bits per heavy atom. The summed E-state index contributed by atoms with van der Waals surface area (Å²) in [5.74, 6) is 0. The number of nitrogens with zero attached hydrogens (tertiary/aromatic N) is 2. The maximum atomic E-state index is 12.1. The SMILES string of the molecule is CN1CCN(C(=O)OCc2ccccc2)CC1OS(C)(=O)=O.[H-].[Na+]. The van der Waals surface area contributed by atoms with Crippen LogP contribution in [0.3, 0.4) is 0 Å². The van der Waals surface area contributed by atoms with E-state index < -0.39 is 22.4 Å². The molecule has 0 saturated carbocycles. The average molecular weight is 352 g/mol. The third-order valence-corrected chi connectivity index (χ3v) is 3.91. The molecule has 0 radical (unpaired) electrons. The fraction of sp³-hybridized carbons (Fsp3) is 0.500. The summed E-state index contributed by atoms with van der Waals surface area (Å²) in [6, 6.07) is 9.36. The van der Waals surface area contributed by atoms with Gasteiger partial charge in [0.1, 0.15) is 12.8 Å². The molecule has 23 heavy (non-hydrogen) atoms. The second kappa shape index (κ2) is 9.00. The maximum Gasteiger partial charge on any atom is 1.00 e. The van der Waals surface area contributed by atoms with Crippen LogP contribution < -0.4 is 29.6 Å². The molecule has 1 aliphatic heterocycles. The van der Waals surface area contributed by atoms with Gasteiger partial charge in [-0.1, -0.05) is 30.3 Å². The Bertz CT molecular complexity index is 617. The van der Waals surface area contributed by atoms with E-state index in [9.17, 15) is 13.2 Å². The van der Waals surface area contributed by atoms with E-state index in [1.807, 2.05) is 30.3 Å². The Kier molecular flexibility index (Phi) is 7.99. The van der Waals surface area contributed by atoms with Gasteiger partial charge in [0.2, 0.25) is 0 Å². The summed E-state index contributed by atoms with van der Waals surface area (Å²) in [5.41, 5.74) is 0.897. The van der Waals surface area contributed by atoms with Crippen LogP contribution in [-0.2, 0) is 25.6 Å². The fourth-order valence-electron chi connectivity index (χ4n) is 2.12. The molecule has 0 N–H and O–H groups in total. The summed E-state index contributed by atoms with van der Waals surface area (Å²) in [4.78, 5) is 15.3. The molecule has 1 saturated heterocycles. The zero-order chi connectivity index (χ0) is 16.2. The molecule has 1 aliphatic rings. The molecule has 1 fully saturated rings. The Labute approximate surface area is 160 Å². The molecule has 124 valence electrons. The standard InChI is InChI=1S/C14H20N2O5S.Na.H/c1-15-8-9-16(10-13(15)21-22(2,18)19)14(17)20-11-12-6-4-3-5-7-12;;/h3-7,13H,8-11H2,1-2H3;;/q;+1;-1. The molecule has 0 spiro atoms. The summed E-state index contributed by atoms with van der Waals surface area (Å²) < 4.78 is 32.7. The van der Waals surface area contributed by atoms with Crippen molar-refractivity contribution in [3.8, 4) is 0 Å². The number of carbonyl (C=O) groups excluding carboxylic acids is 1. The van der Waals surface area contributed by atoms with Crippen LogP contribution in [0.25, 0.3) is 0 Å². The van der Waals surface area contributed by atoms with Crippen molar-refractivity contribution in [2.75, 3.05) is 32.9 Å². The summed E-state index contributed by atoms with van der Waals surface area (Å²) in [5, 5.41) is 0. The monoisotopic (exact) mass is 352 g/mol. The summed E-state index contributed by atoms with van der Waals surface area (Å²) >= 11 is 0. The number of hydrogen-bond acceptors (Lipinski definition) is 6. The predicted octanol–water partition coefficient (Wildman–Crippen LogP) is -2.01. The summed E-state index contributed by atoms with van der Waals surface area (Å²) in [6.45, 7) is 1.31. The summed E-state index contributed by atoms with van der Waals surface area (Å²) in [7, 11) is -1.83. The van der Waals surface area contributed by atoms with Gasteiger partial charge in [0.15, 0.2) is 0 Å². The Hall–Kier alpha value is -0.640. The van der Waals surface area contributed by atoms with Gasteiger partial charge in [-0.15, -0.1) is 0 Å². The minimum atomic E-state index is -3.58. The second-order valence-electron chi connectivity index (χ2n) is 5.22. The van der Waals surface area contributed by atoms with Crippen molar-refractivity contribution in [1.29, 1.82) is 0 Å². The van der Waals surface area contributed by atoms with E-state index in [-0.39, 0.29) is 44.1 Å². The van der Waals surface area contributed by atoms with Crippen LogP contribution >= 0.6 is 0 Å². The number of likely N-dealkylation sites (N-methyl/N-ethyl adjacent to an activating group) is 1. The molecular weight excluding hydrogens is 331 g/mol. The largest absolute Gasteiger partial charge is 1.00 e. The smallest absolute Gasteiger partial charge is 1.00 e. The molecule has 1 atom stereocenters. The average Bonchev–Trinajstić information content (AvgIpc) is 2.47. The molecule has 1 heterocycles. The topological polar surface area (TPSA) is 76.2 Å². The van der Waals surface area contributed by atoms with Gasteiger partial charge in [-0.25, -0.2) is 8.98 Å². The first-order chi connectivity index (χ1) is 10.3. The Morgan fingerprint density at radius 3 is 2.57 bits per heavy atom. The van der Waals surface area contributed by atoms with Crippen LogP contribution in [0.4, 0.5) is 4.79 Å². The van der Waals surface area contributed by atoms with Crippen LogP contribution in [0, 0.1) is 0 Å². The number of piperazine rings is 1. The zero-order valence-electron chi connectivity index (χ0n) is 14.6. The molecule has 1 amide bonds. The van der Waals surface area contributed by atoms with E-state index in [0.29, 0.717) is 13.1 Å². The Balaban J connectivity index is 0.00000264. The first-order valence-electron chi connectivity index (χ1n) is 6.89. The minimum Gasteiger partial charge on any atom is -1.00 e. The van der Waals surface area contributed by atoms with Crippen molar-refractivity contribution < 1.29 is 53.1 Å². The minimum absolute atomic E-state index is 0. The second-order valence-corrected chi connectivity index (χ2v) is 6.82. The number of amides is 1. The molecule has 1 aromatic rings. The van der Waals surface area contributed by atoms with E-state index in [4.69, 9.17) is 8.92 Å². The molecule has 1 unspecified atom stereocenters. The first kappa shape index (κ1) is 20.4. The molecule has 9 heteroatoms. The Morgan fingerprint density at radius 1 is 1.30 bits per heavy atom. The van der Waals surface area contributed by atoms with Gasteiger partial charge in [-0.3, -0.25) is 4.90 Å². The normalized spacial score (nSPS) is 19.0. The van der Waals surface area contributed by atoms with Gasteiger partial charge in [0.25, 0.3) is 10.1 Å². The molecule has 2 rings (SSSR count). The molecule has 7 nitrogen and oxygen atoms in total. The first-order valence-corrected chi connectivity index (χ1v) is 8.71. The van der Waals surface area contributed by atoms with Crippen LogP contribution in [-0.4, -0.2) is 63.5 Å². The molecular formula is C14H21N2NaO5S. The zero-order valence-corrected chi connectivity index (χ0v) is 16.5. The van der Waals surface area contributed by atoms with Gasteiger partial charge in [-0.2, -0.15) is 8.42 Å². The fourth-order valence-corrected chi connectivity index (χ4v) is 2.74. The van der Waals surface area contributed by atoms with Gasteiger partial charge in [0.05, 0.1) is 12.8 Å². The van der Waals surface area contributed by atoms with E-state index in [1.165, 1.54) is 4.90 Å². The van der Waals surface area contributed by atoms with Crippen molar-refractivity contribution in [2.24, 2.45) is 0 Å². The van der Waals surface area contributed by atoms with Gasteiger partial charge >= 0.3 is 35.7 Å². The quantitative estimate of drug-likeness (QED) is 0.460. The van der Waals surface area contributed by atoms with Crippen molar-refractivity contribution in [3.63, 3.8) is 0 Å². The van der Waals surface area contributed by atoms with Crippen LogP contribution in [0.5, 0.6) is 0 Å². The van der Waals surface area contributed by atoms with Gasteiger partial charge < -0.3 is 11.1 Å². The van der Waals surface area contributed by atoms with Crippen LogP contribution in [0.1, 0.15) is 6.99 Å². The molecule has 0 aliphatic carbocycles. The molecule has 1 aromatic carbocycles. The van der Waals surface area contributed by atoms with Crippen molar-refractivity contribution in [1.82, 2.24) is 9.80 Å². The van der Waals surface area contributed by atoms with E-state index >= 15 is 0 Å². The third kappa shape index (κ3) is 6.78. The van der Waals surface area contributed by atoms with Crippen molar-refractivity contribution in [3.05, 3.63) is 35.9 Å². The van der Waals surface area contributed by atoms with Crippen molar-refractivity contribution in [2.45, 2.75) is 12.8 Å². The maximum absolute atomic E-state index is 12.1. The number of hydrogen-bond donors (Lipinski definition) is 0. The van der Waals surface area contributed by atoms with E-state index in [2.05, 4.69) is 0 Å². The van der Waals surface area contributed by atoms with Gasteiger partial charge in [0, 0.05) is 13.1 Å². The van der Waals surface area contributed by atoms with E-state index in [0.717, 1.165) is 11.8 Å².